The van der Waals surface area contributed by atoms with Crippen molar-refractivity contribution in [1.82, 2.24) is 5.48 Å². The van der Waals surface area contributed by atoms with E-state index >= 15 is 0 Å². The molecule has 0 aromatic heterocycles. The van der Waals surface area contributed by atoms with Crippen molar-refractivity contribution in [1.29, 1.82) is 0 Å². The van der Waals surface area contributed by atoms with Gasteiger partial charge in [-0.05, 0) is 6.07 Å². The first-order valence-electron chi connectivity index (χ1n) is 5.10. The fraction of sp³-hybridized carbons (Fsp3) is 0.364. The maximum atomic E-state index is 11.0. The lowest BCUT2D eigenvalue weighted by molar-refractivity contribution is 0.0848. The summed E-state index contributed by atoms with van der Waals surface area (Å²) in [5.74, 6) is 0.957. The summed E-state index contributed by atoms with van der Waals surface area (Å²) in [5.41, 5.74) is 3.81. The van der Waals surface area contributed by atoms with Crippen LogP contribution in [0.1, 0.15) is 15.9 Å². The van der Waals surface area contributed by atoms with Gasteiger partial charge in [-0.15, -0.1) is 0 Å². The van der Waals surface area contributed by atoms with Gasteiger partial charge in [-0.1, -0.05) is 11.6 Å². The van der Waals surface area contributed by atoms with Crippen LogP contribution in [0.2, 0.25) is 5.02 Å². The highest BCUT2D eigenvalue weighted by Crippen LogP contribution is 2.40. The van der Waals surface area contributed by atoms with E-state index in [2.05, 4.69) is 5.48 Å². The fourth-order valence-electron chi connectivity index (χ4n) is 1.65. The number of hydrogen-bond acceptors (Lipinski definition) is 5. The highest BCUT2D eigenvalue weighted by Gasteiger charge is 2.22. The molecule has 1 aliphatic heterocycles. The number of ether oxygens (including phenoxy) is 2. The summed E-state index contributed by atoms with van der Waals surface area (Å²) in [6, 6.07) is 1.67. The summed E-state index contributed by atoms with van der Waals surface area (Å²) >= 11 is 6.01. The van der Waals surface area contributed by atoms with Gasteiger partial charge in [0.1, 0.15) is 13.2 Å². The second-order valence-electron chi connectivity index (χ2n) is 3.43. The number of nitrogens with one attached hydrogen (secondary N) is 1. The van der Waals surface area contributed by atoms with Crippen molar-refractivity contribution >= 4 is 17.9 Å². The molecule has 1 aliphatic rings. The first kappa shape index (κ1) is 12.2. The average Bonchev–Trinajstić information content (AvgIpc) is 2.36. The molecule has 0 fully saturated rings. The van der Waals surface area contributed by atoms with E-state index in [1.165, 1.54) is 7.11 Å². The molecule has 0 saturated heterocycles. The lowest BCUT2D eigenvalue weighted by Gasteiger charge is -2.23. The number of halogens is 1. The SMILES string of the molecule is CONCc1cc(Cl)c(C=O)c2c1OCCO2. The molecule has 1 heterocycles. The Morgan fingerprint density at radius 1 is 1.47 bits per heavy atom. The van der Waals surface area contributed by atoms with Crippen molar-refractivity contribution in [2.45, 2.75) is 6.54 Å². The Morgan fingerprint density at radius 3 is 2.82 bits per heavy atom. The average molecular weight is 258 g/mol. The molecule has 17 heavy (non-hydrogen) atoms. The van der Waals surface area contributed by atoms with Gasteiger partial charge in [0, 0.05) is 12.1 Å². The van der Waals surface area contributed by atoms with Crippen molar-refractivity contribution in [3.63, 3.8) is 0 Å². The Morgan fingerprint density at radius 2 is 2.18 bits per heavy atom. The van der Waals surface area contributed by atoms with E-state index in [0.717, 1.165) is 5.56 Å². The van der Waals surface area contributed by atoms with Crippen LogP contribution in [0.25, 0.3) is 0 Å². The van der Waals surface area contributed by atoms with Gasteiger partial charge in [-0.3, -0.25) is 4.79 Å². The summed E-state index contributed by atoms with van der Waals surface area (Å²) in [5, 5.41) is 0.345. The first-order chi connectivity index (χ1) is 8.27. The van der Waals surface area contributed by atoms with Crippen molar-refractivity contribution in [2.75, 3.05) is 20.3 Å². The molecule has 0 saturated carbocycles. The minimum atomic E-state index is 0.322. The van der Waals surface area contributed by atoms with Gasteiger partial charge < -0.3 is 14.3 Å². The summed E-state index contributed by atoms with van der Waals surface area (Å²) in [6.45, 7) is 1.28. The molecule has 0 atom stereocenters. The number of fused-ring (bicyclic) bond motifs is 1. The highest BCUT2D eigenvalue weighted by molar-refractivity contribution is 6.33. The van der Waals surface area contributed by atoms with Gasteiger partial charge in [0.05, 0.1) is 17.7 Å². The van der Waals surface area contributed by atoms with Crippen LogP contribution in [0.15, 0.2) is 6.07 Å². The topological polar surface area (TPSA) is 56.8 Å². The van der Waals surface area contributed by atoms with Crippen LogP contribution in [-0.4, -0.2) is 26.6 Å². The van der Waals surface area contributed by atoms with Crippen LogP contribution in [0, 0.1) is 0 Å². The van der Waals surface area contributed by atoms with E-state index in [1.807, 2.05) is 0 Å². The maximum Gasteiger partial charge on any atom is 0.173 e. The minimum Gasteiger partial charge on any atom is -0.486 e. The van der Waals surface area contributed by atoms with Crippen molar-refractivity contribution in [2.24, 2.45) is 0 Å². The number of benzene rings is 1. The van der Waals surface area contributed by atoms with Gasteiger partial charge in [-0.25, -0.2) is 0 Å². The zero-order valence-corrected chi connectivity index (χ0v) is 10.0. The molecule has 0 amide bonds. The van der Waals surface area contributed by atoms with Crippen LogP contribution in [0.3, 0.4) is 0 Å². The predicted octanol–water partition coefficient (Wildman–Crippen LogP) is 1.57. The fourth-order valence-corrected chi connectivity index (χ4v) is 1.91. The van der Waals surface area contributed by atoms with E-state index in [4.69, 9.17) is 25.9 Å². The van der Waals surface area contributed by atoms with Crippen molar-refractivity contribution in [3.05, 3.63) is 22.2 Å². The molecular weight excluding hydrogens is 246 g/mol. The molecule has 6 heteroatoms. The van der Waals surface area contributed by atoms with Crippen LogP contribution in [-0.2, 0) is 11.4 Å². The first-order valence-corrected chi connectivity index (χ1v) is 5.47. The quantitative estimate of drug-likeness (QED) is 0.656. The van der Waals surface area contributed by atoms with Crippen LogP contribution in [0.4, 0.5) is 0 Å². The zero-order valence-electron chi connectivity index (χ0n) is 9.29. The number of aldehydes is 1. The summed E-state index contributed by atoms with van der Waals surface area (Å²) in [6.07, 6.45) is 0.670. The minimum absolute atomic E-state index is 0.322. The molecule has 0 radical (unpaired) electrons. The Hall–Kier alpha value is -1.30. The molecule has 1 aromatic carbocycles. The van der Waals surface area contributed by atoms with Crippen LogP contribution in [0.5, 0.6) is 11.5 Å². The van der Waals surface area contributed by atoms with E-state index in [9.17, 15) is 4.79 Å². The highest BCUT2D eigenvalue weighted by atomic mass is 35.5. The molecule has 92 valence electrons. The molecule has 2 rings (SSSR count). The molecule has 1 aromatic rings. The largest absolute Gasteiger partial charge is 0.486 e. The van der Waals surface area contributed by atoms with Crippen molar-refractivity contribution < 1.29 is 19.1 Å². The number of hydroxylamine groups is 1. The predicted molar refractivity (Wildman–Crippen MR) is 61.7 cm³/mol. The molecule has 5 nitrogen and oxygen atoms in total. The van der Waals surface area contributed by atoms with Gasteiger partial charge in [0.2, 0.25) is 0 Å². The Bertz CT molecular complexity index is 436. The Kier molecular flexibility index (Phi) is 3.83. The lowest BCUT2D eigenvalue weighted by Crippen LogP contribution is -2.20. The standard InChI is InChI=1S/C11H12ClNO4/c1-15-13-5-7-4-9(12)8(6-14)11-10(7)16-2-3-17-11/h4,6,13H,2-3,5H2,1H3. The normalized spacial score (nSPS) is 13.5. The van der Waals surface area contributed by atoms with Crippen LogP contribution < -0.4 is 15.0 Å². The monoisotopic (exact) mass is 257 g/mol. The third-order valence-electron chi connectivity index (χ3n) is 2.40. The number of carbonyl (C=O) groups is 1. The second kappa shape index (κ2) is 5.35. The second-order valence-corrected chi connectivity index (χ2v) is 3.84. The maximum absolute atomic E-state index is 11.0. The van der Waals surface area contributed by atoms with Gasteiger partial charge >= 0.3 is 0 Å². The molecule has 0 aliphatic carbocycles. The Labute approximate surface area is 104 Å². The van der Waals surface area contributed by atoms with E-state index in [1.54, 1.807) is 6.07 Å². The summed E-state index contributed by atoms with van der Waals surface area (Å²) in [4.78, 5) is 15.7. The van der Waals surface area contributed by atoms with E-state index in [-0.39, 0.29) is 0 Å². The third kappa shape index (κ3) is 2.36. The molecular formula is C11H12ClNO4. The third-order valence-corrected chi connectivity index (χ3v) is 2.71. The molecule has 0 spiro atoms. The number of rotatable bonds is 4. The van der Waals surface area contributed by atoms with Gasteiger partial charge in [0.15, 0.2) is 17.8 Å². The summed E-state index contributed by atoms with van der Waals surface area (Å²) < 4.78 is 10.9. The summed E-state index contributed by atoms with van der Waals surface area (Å²) in [7, 11) is 1.52. The smallest absolute Gasteiger partial charge is 0.173 e. The van der Waals surface area contributed by atoms with Gasteiger partial charge in [-0.2, -0.15) is 5.48 Å². The van der Waals surface area contributed by atoms with Gasteiger partial charge in [0.25, 0.3) is 0 Å². The Balaban J connectivity index is 2.46. The van der Waals surface area contributed by atoms with Crippen molar-refractivity contribution in [3.8, 4) is 11.5 Å². The zero-order chi connectivity index (χ0) is 12.3. The number of carbonyl (C=O) groups excluding carboxylic acids is 1. The van der Waals surface area contributed by atoms with E-state index < -0.39 is 0 Å². The van der Waals surface area contributed by atoms with Crippen LogP contribution >= 0.6 is 11.6 Å². The lowest BCUT2D eigenvalue weighted by atomic mass is 10.1. The molecule has 0 bridgehead atoms. The molecule has 0 unspecified atom stereocenters. The van der Waals surface area contributed by atoms with E-state index in [0.29, 0.717) is 48.1 Å². The number of hydrogen-bond donors (Lipinski definition) is 1. The molecule has 1 N–H and O–H groups in total.